The number of amides is 1. The summed E-state index contributed by atoms with van der Waals surface area (Å²) in [6.07, 6.45) is 1.95. The standard InChI is InChI=1S/C22H46N2O9/c1-26-10-11-30-18-19-33-21-20-32-17-14-29-9-4-22(25)24-6-3-8-28-13-16-31-15-12-27-7-2-5-23/h2-21,23H2,1H3,(H,24,25). The van der Waals surface area contributed by atoms with E-state index >= 15 is 0 Å². The lowest BCUT2D eigenvalue weighted by atomic mass is 10.4. The minimum Gasteiger partial charge on any atom is -0.382 e. The Kier molecular flexibility index (Phi) is 28.4. The Hall–Kier alpha value is -0.890. The molecule has 3 N–H and O–H groups in total. The van der Waals surface area contributed by atoms with E-state index in [1.165, 1.54) is 0 Å². The summed E-state index contributed by atoms with van der Waals surface area (Å²) in [5.41, 5.74) is 5.37. The highest BCUT2D eigenvalue weighted by Gasteiger charge is 2.01. The van der Waals surface area contributed by atoms with E-state index in [9.17, 15) is 4.79 Å². The molecular formula is C22H46N2O9. The van der Waals surface area contributed by atoms with E-state index < -0.39 is 0 Å². The first-order valence-corrected chi connectivity index (χ1v) is 11.8. The van der Waals surface area contributed by atoms with Gasteiger partial charge in [-0.15, -0.1) is 0 Å². The average molecular weight is 483 g/mol. The molecule has 0 saturated heterocycles. The van der Waals surface area contributed by atoms with E-state index in [2.05, 4.69) is 5.32 Å². The van der Waals surface area contributed by atoms with Crippen LogP contribution >= 0.6 is 0 Å². The highest BCUT2D eigenvalue weighted by Crippen LogP contribution is 1.88. The molecule has 0 spiro atoms. The lowest BCUT2D eigenvalue weighted by Gasteiger charge is -2.08. The summed E-state index contributed by atoms with van der Waals surface area (Å²) in [6, 6.07) is 0. The van der Waals surface area contributed by atoms with Gasteiger partial charge in [0.15, 0.2) is 0 Å². The predicted octanol–water partition coefficient (Wildman–Crippen LogP) is -0.00580. The van der Waals surface area contributed by atoms with Crippen LogP contribution in [0.3, 0.4) is 0 Å². The Labute approximate surface area is 198 Å². The van der Waals surface area contributed by atoms with Crippen molar-refractivity contribution in [3.05, 3.63) is 0 Å². The molecule has 0 fully saturated rings. The Morgan fingerprint density at radius 1 is 0.576 bits per heavy atom. The second-order valence-electron chi connectivity index (χ2n) is 6.88. The predicted molar refractivity (Wildman–Crippen MR) is 124 cm³/mol. The van der Waals surface area contributed by atoms with Gasteiger partial charge in [-0.2, -0.15) is 0 Å². The van der Waals surface area contributed by atoms with Gasteiger partial charge < -0.3 is 48.9 Å². The third-order valence-electron chi connectivity index (χ3n) is 4.05. The van der Waals surface area contributed by atoms with Crippen molar-refractivity contribution >= 4 is 5.91 Å². The lowest BCUT2D eigenvalue weighted by molar-refractivity contribution is -0.122. The van der Waals surface area contributed by atoms with Gasteiger partial charge in [0.2, 0.25) is 5.91 Å². The molecule has 0 aliphatic heterocycles. The van der Waals surface area contributed by atoms with Crippen LogP contribution in [0.4, 0.5) is 0 Å². The fraction of sp³-hybridized carbons (Fsp3) is 0.955. The van der Waals surface area contributed by atoms with Crippen molar-refractivity contribution in [2.45, 2.75) is 19.3 Å². The SMILES string of the molecule is COCCOCCOCCOCCOCCC(=O)NCCCOCCOCCOCCCN. The molecule has 0 saturated carbocycles. The smallest absolute Gasteiger partial charge is 0.222 e. The summed E-state index contributed by atoms with van der Waals surface area (Å²) in [5.74, 6) is -0.0324. The highest BCUT2D eigenvalue weighted by molar-refractivity contribution is 5.75. The van der Waals surface area contributed by atoms with Crippen molar-refractivity contribution in [1.29, 1.82) is 0 Å². The maximum absolute atomic E-state index is 11.7. The Bertz CT molecular complexity index is 393. The molecule has 0 aromatic heterocycles. The molecule has 0 aliphatic rings. The third kappa shape index (κ3) is 29.1. The number of rotatable bonds is 28. The summed E-state index contributed by atoms with van der Waals surface area (Å²) in [6.45, 7) is 9.20. The second kappa shape index (κ2) is 29.1. The van der Waals surface area contributed by atoms with Gasteiger partial charge in [-0.25, -0.2) is 0 Å². The van der Waals surface area contributed by atoms with Gasteiger partial charge in [0.1, 0.15) is 0 Å². The first-order chi connectivity index (χ1) is 16.3. The van der Waals surface area contributed by atoms with Crippen LogP contribution in [0.5, 0.6) is 0 Å². The van der Waals surface area contributed by atoms with Crippen LogP contribution in [0.1, 0.15) is 19.3 Å². The molecule has 0 aromatic rings. The van der Waals surface area contributed by atoms with Crippen molar-refractivity contribution in [2.75, 3.05) is 119 Å². The number of carbonyl (C=O) groups excluding carboxylic acids is 1. The molecule has 0 rings (SSSR count). The molecule has 0 atom stereocenters. The summed E-state index contributed by atoms with van der Waals surface area (Å²) in [4.78, 5) is 11.7. The zero-order valence-electron chi connectivity index (χ0n) is 20.4. The number of nitrogens with one attached hydrogen (secondary N) is 1. The number of hydrogen-bond donors (Lipinski definition) is 2. The molecule has 33 heavy (non-hydrogen) atoms. The molecular weight excluding hydrogens is 436 g/mol. The maximum Gasteiger partial charge on any atom is 0.222 e. The van der Waals surface area contributed by atoms with Crippen molar-refractivity contribution in [2.24, 2.45) is 5.73 Å². The quantitative estimate of drug-likeness (QED) is 0.147. The van der Waals surface area contributed by atoms with Crippen LogP contribution in [0.2, 0.25) is 0 Å². The minimum absolute atomic E-state index is 0.0324. The third-order valence-corrected chi connectivity index (χ3v) is 4.05. The second-order valence-corrected chi connectivity index (χ2v) is 6.88. The van der Waals surface area contributed by atoms with Crippen LogP contribution < -0.4 is 11.1 Å². The molecule has 1 amide bonds. The van der Waals surface area contributed by atoms with Gasteiger partial charge in [0.05, 0.1) is 85.9 Å². The molecule has 11 heteroatoms. The Balaban J connectivity index is 3.14. The van der Waals surface area contributed by atoms with E-state index in [1.807, 2.05) is 0 Å². The Morgan fingerprint density at radius 2 is 0.970 bits per heavy atom. The molecule has 0 heterocycles. The maximum atomic E-state index is 11.7. The van der Waals surface area contributed by atoms with E-state index in [4.69, 9.17) is 43.6 Å². The number of ether oxygens (including phenoxy) is 8. The van der Waals surface area contributed by atoms with Gasteiger partial charge in [0.25, 0.3) is 0 Å². The fourth-order valence-corrected chi connectivity index (χ4v) is 2.29. The monoisotopic (exact) mass is 482 g/mol. The molecule has 0 aromatic carbocycles. The van der Waals surface area contributed by atoms with Gasteiger partial charge in [-0.05, 0) is 19.4 Å². The number of nitrogens with two attached hydrogens (primary N) is 1. The van der Waals surface area contributed by atoms with Gasteiger partial charge in [-0.1, -0.05) is 0 Å². The minimum atomic E-state index is -0.0324. The van der Waals surface area contributed by atoms with E-state index in [-0.39, 0.29) is 5.91 Å². The average Bonchev–Trinajstić information content (AvgIpc) is 2.82. The van der Waals surface area contributed by atoms with Crippen LogP contribution in [-0.2, 0) is 42.7 Å². The molecule has 11 nitrogen and oxygen atoms in total. The first kappa shape index (κ1) is 32.1. The van der Waals surface area contributed by atoms with Crippen LogP contribution in [0, 0.1) is 0 Å². The van der Waals surface area contributed by atoms with E-state index in [0.29, 0.717) is 119 Å². The summed E-state index contributed by atoms with van der Waals surface area (Å²) >= 11 is 0. The highest BCUT2D eigenvalue weighted by atomic mass is 16.6. The number of carbonyl (C=O) groups is 1. The lowest BCUT2D eigenvalue weighted by Crippen LogP contribution is -2.26. The van der Waals surface area contributed by atoms with Crippen LogP contribution in [0.25, 0.3) is 0 Å². The Morgan fingerprint density at radius 3 is 1.42 bits per heavy atom. The van der Waals surface area contributed by atoms with Crippen LogP contribution in [0.15, 0.2) is 0 Å². The molecule has 198 valence electrons. The van der Waals surface area contributed by atoms with Crippen molar-refractivity contribution in [3.8, 4) is 0 Å². The zero-order valence-corrected chi connectivity index (χ0v) is 20.4. The molecule has 0 unspecified atom stereocenters. The summed E-state index contributed by atoms with van der Waals surface area (Å²) in [7, 11) is 1.64. The van der Waals surface area contributed by atoms with E-state index in [1.54, 1.807) is 7.11 Å². The van der Waals surface area contributed by atoms with Crippen LogP contribution in [-0.4, -0.2) is 125 Å². The van der Waals surface area contributed by atoms with E-state index in [0.717, 1.165) is 12.8 Å². The van der Waals surface area contributed by atoms with Crippen molar-refractivity contribution in [3.63, 3.8) is 0 Å². The number of methoxy groups -OCH3 is 1. The van der Waals surface area contributed by atoms with Gasteiger partial charge in [0, 0.05) is 33.3 Å². The fourth-order valence-electron chi connectivity index (χ4n) is 2.29. The zero-order chi connectivity index (χ0) is 24.1. The normalized spacial score (nSPS) is 11.2. The largest absolute Gasteiger partial charge is 0.382 e. The molecule has 0 bridgehead atoms. The van der Waals surface area contributed by atoms with Crippen molar-refractivity contribution < 1.29 is 42.7 Å². The van der Waals surface area contributed by atoms with Gasteiger partial charge in [-0.3, -0.25) is 4.79 Å². The van der Waals surface area contributed by atoms with Gasteiger partial charge >= 0.3 is 0 Å². The molecule has 0 aliphatic carbocycles. The number of hydrogen-bond acceptors (Lipinski definition) is 10. The molecule has 0 radical (unpaired) electrons. The van der Waals surface area contributed by atoms with Crippen molar-refractivity contribution in [1.82, 2.24) is 5.32 Å². The summed E-state index contributed by atoms with van der Waals surface area (Å²) < 4.78 is 42.5. The topological polar surface area (TPSA) is 129 Å². The summed E-state index contributed by atoms with van der Waals surface area (Å²) in [5, 5.41) is 2.84. The first-order valence-electron chi connectivity index (χ1n) is 11.8.